The Kier molecular flexibility index (Phi) is 4.28. The molecule has 2 heteroatoms. The van der Waals surface area contributed by atoms with E-state index in [2.05, 4.69) is 26.8 Å². The van der Waals surface area contributed by atoms with Gasteiger partial charge in [0.15, 0.2) is 0 Å². The molecule has 0 aliphatic heterocycles. The predicted octanol–water partition coefficient (Wildman–Crippen LogP) is 4.45. The van der Waals surface area contributed by atoms with Crippen LogP contribution in [0.3, 0.4) is 0 Å². The number of carbonyl (C=O) groups excluding carboxylic acids is 1. The molecule has 1 aromatic rings. The molecule has 0 spiro atoms. The van der Waals surface area contributed by atoms with Crippen molar-refractivity contribution < 1.29 is 4.79 Å². The molecule has 0 N–H and O–H groups in total. The number of benzene rings is 1. The van der Waals surface area contributed by atoms with Crippen molar-refractivity contribution in [1.82, 2.24) is 0 Å². The van der Waals surface area contributed by atoms with E-state index in [1.807, 2.05) is 24.3 Å². The Morgan fingerprint density at radius 1 is 1.25 bits per heavy atom. The monoisotopic (exact) mass is 269 g/mol. The summed E-state index contributed by atoms with van der Waals surface area (Å²) in [6, 6.07) is 9.64. The fraction of sp³-hybridized carbons (Fsp3) is 0.556. The average Bonchev–Trinajstić information content (AvgIpc) is 2.40. The maximum absolute atomic E-state index is 12.2. The minimum Gasteiger partial charge on any atom is -0.299 e. The molecule has 1 fully saturated rings. The Balaban J connectivity index is 2.12. The van der Waals surface area contributed by atoms with Gasteiger partial charge in [0.05, 0.1) is 11.6 Å². The van der Waals surface area contributed by atoms with Crippen molar-refractivity contribution in [2.45, 2.75) is 52.4 Å². The number of hydrogen-bond donors (Lipinski definition) is 0. The van der Waals surface area contributed by atoms with Gasteiger partial charge >= 0.3 is 0 Å². The normalized spacial score (nSPS) is 23.4. The number of ketones is 1. The molecule has 1 aliphatic rings. The second kappa shape index (κ2) is 5.79. The van der Waals surface area contributed by atoms with Gasteiger partial charge in [0.1, 0.15) is 5.78 Å². The van der Waals surface area contributed by atoms with Crippen LogP contribution in [0.2, 0.25) is 0 Å². The SMILES string of the molecule is CC(C)(C)CC1CCC(=O)C(c2ccc(C#N)cc2)C1. The first-order valence-electron chi connectivity index (χ1n) is 7.42. The summed E-state index contributed by atoms with van der Waals surface area (Å²) < 4.78 is 0. The number of Topliss-reactive ketones (excluding diaryl/α,β-unsaturated/α-hetero) is 1. The van der Waals surface area contributed by atoms with E-state index >= 15 is 0 Å². The maximum Gasteiger partial charge on any atom is 0.140 e. The molecule has 106 valence electrons. The lowest BCUT2D eigenvalue weighted by atomic mass is 9.71. The van der Waals surface area contributed by atoms with Gasteiger partial charge < -0.3 is 0 Å². The van der Waals surface area contributed by atoms with Crippen LogP contribution in [0.1, 0.15) is 63.5 Å². The second-order valence-corrected chi connectivity index (χ2v) is 7.16. The van der Waals surface area contributed by atoms with Crippen molar-refractivity contribution >= 4 is 5.78 Å². The van der Waals surface area contributed by atoms with Crippen molar-refractivity contribution in [1.29, 1.82) is 5.26 Å². The Morgan fingerprint density at radius 2 is 1.90 bits per heavy atom. The number of nitriles is 1. The first-order chi connectivity index (χ1) is 9.39. The lowest BCUT2D eigenvalue weighted by molar-refractivity contribution is -0.123. The Bertz CT molecular complexity index is 516. The lowest BCUT2D eigenvalue weighted by Gasteiger charge is -2.32. The van der Waals surface area contributed by atoms with E-state index in [9.17, 15) is 4.79 Å². The summed E-state index contributed by atoms with van der Waals surface area (Å²) in [5.41, 5.74) is 2.05. The van der Waals surface area contributed by atoms with Gasteiger partial charge in [0.25, 0.3) is 0 Å². The summed E-state index contributed by atoms with van der Waals surface area (Å²) in [7, 11) is 0. The summed E-state index contributed by atoms with van der Waals surface area (Å²) in [5, 5.41) is 8.84. The van der Waals surface area contributed by atoms with Gasteiger partial charge in [-0.15, -0.1) is 0 Å². The third-order valence-corrected chi connectivity index (χ3v) is 4.10. The van der Waals surface area contributed by atoms with Crippen molar-refractivity contribution in [3.8, 4) is 6.07 Å². The molecule has 2 atom stereocenters. The molecule has 0 aromatic heterocycles. The summed E-state index contributed by atoms with van der Waals surface area (Å²) in [4.78, 5) is 12.2. The Labute approximate surface area is 121 Å². The van der Waals surface area contributed by atoms with E-state index in [-0.39, 0.29) is 5.92 Å². The predicted molar refractivity (Wildman–Crippen MR) is 80.3 cm³/mol. The molecule has 2 rings (SSSR count). The van der Waals surface area contributed by atoms with Crippen LogP contribution in [0.5, 0.6) is 0 Å². The quantitative estimate of drug-likeness (QED) is 0.796. The van der Waals surface area contributed by atoms with Gasteiger partial charge in [-0.25, -0.2) is 0 Å². The second-order valence-electron chi connectivity index (χ2n) is 7.16. The smallest absolute Gasteiger partial charge is 0.140 e. The van der Waals surface area contributed by atoms with E-state index in [1.165, 1.54) is 6.42 Å². The van der Waals surface area contributed by atoms with E-state index < -0.39 is 0 Å². The first-order valence-corrected chi connectivity index (χ1v) is 7.42. The van der Waals surface area contributed by atoms with Crippen LogP contribution in [0.15, 0.2) is 24.3 Å². The zero-order valence-corrected chi connectivity index (χ0v) is 12.6. The fourth-order valence-corrected chi connectivity index (χ4v) is 3.27. The highest BCUT2D eigenvalue weighted by atomic mass is 16.1. The van der Waals surface area contributed by atoms with Crippen molar-refractivity contribution in [2.24, 2.45) is 11.3 Å². The highest BCUT2D eigenvalue weighted by Gasteiger charge is 2.31. The molecule has 2 unspecified atom stereocenters. The molecule has 2 nitrogen and oxygen atoms in total. The van der Waals surface area contributed by atoms with Gasteiger partial charge in [-0.05, 0) is 48.3 Å². The highest BCUT2D eigenvalue weighted by molar-refractivity contribution is 5.86. The number of rotatable bonds is 2. The minimum atomic E-state index is 0.0313. The van der Waals surface area contributed by atoms with E-state index in [0.29, 0.717) is 29.1 Å². The molecule has 0 heterocycles. The molecular formula is C18H23NO. The zero-order chi connectivity index (χ0) is 14.8. The molecule has 0 saturated heterocycles. The number of carbonyl (C=O) groups is 1. The summed E-state index contributed by atoms with van der Waals surface area (Å²) in [6.45, 7) is 6.79. The number of hydrogen-bond acceptors (Lipinski definition) is 2. The molecule has 1 saturated carbocycles. The van der Waals surface area contributed by atoms with Crippen molar-refractivity contribution in [3.63, 3.8) is 0 Å². The third-order valence-electron chi connectivity index (χ3n) is 4.10. The van der Waals surface area contributed by atoms with E-state index in [4.69, 9.17) is 5.26 Å². The Morgan fingerprint density at radius 3 is 2.45 bits per heavy atom. The molecule has 0 radical (unpaired) electrons. The molecule has 0 bridgehead atoms. The van der Waals surface area contributed by atoms with Crippen LogP contribution in [0, 0.1) is 22.7 Å². The van der Waals surface area contributed by atoms with E-state index in [1.54, 1.807) is 0 Å². The number of nitrogens with zero attached hydrogens (tertiary/aromatic N) is 1. The van der Waals surface area contributed by atoms with Crippen LogP contribution in [0.25, 0.3) is 0 Å². The first kappa shape index (κ1) is 14.8. The van der Waals surface area contributed by atoms with Gasteiger partial charge in [0.2, 0.25) is 0 Å². The fourth-order valence-electron chi connectivity index (χ4n) is 3.27. The van der Waals surface area contributed by atoms with Crippen molar-refractivity contribution in [3.05, 3.63) is 35.4 Å². The summed E-state index contributed by atoms with van der Waals surface area (Å²) >= 11 is 0. The van der Waals surface area contributed by atoms with Gasteiger partial charge in [-0.2, -0.15) is 5.26 Å². The molecule has 0 amide bonds. The van der Waals surface area contributed by atoms with Crippen LogP contribution < -0.4 is 0 Å². The molecule has 20 heavy (non-hydrogen) atoms. The van der Waals surface area contributed by atoms with Crippen LogP contribution >= 0.6 is 0 Å². The molecule has 1 aromatic carbocycles. The summed E-state index contributed by atoms with van der Waals surface area (Å²) in [5.74, 6) is 1.03. The van der Waals surface area contributed by atoms with Crippen LogP contribution in [-0.2, 0) is 4.79 Å². The molecular weight excluding hydrogens is 246 g/mol. The van der Waals surface area contributed by atoms with Gasteiger partial charge in [-0.1, -0.05) is 32.9 Å². The lowest BCUT2D eigenvalue weighted by Crippen LogP contribution is -2.26. The largest absolute Gasteiger partial charge is 0.299 e. The third kappa shape index (κ3) is 3.70. The Hall–Kier alpha value is -1.62. The van der Waals surface area contributed by atoms with Gasteiger partial charge in [-0.3, -0.25) is 4.79 Å². The van der Waals surface area contributed by atoms with E-state index in [0.717, 1.165) is 18.4 Å². The van der Waals surface area contributed by atoms with Gasteiger partial charge in [0, 0.05) is 12.3 Å². The van der Waals surface area contributed by atoms with Crippen LogP contribution in [0.4, 0.5) is 0 Å². The molecule has 1 aliphatic carbocycles. The summed E-state index contributed by atoms with van der Waals surface area (Å²) in [6.07, 6.45) is 3.86. The topological polar surface area (TPSA) is 40.9 Å². The maximum atomic E-state index is 12.2. The standard InChI is InChI=1S/C18H23NO/c1-18(2,3)11-14-6-9-17(20)16(10-14)15-7-4-13(12-19)5-8-15/h4-5,7-8,14,16H,6,9-11H2,1-3H3. The van der Waals surface area contributed by atoms with Crippen LogP contribution in [-0.4, -0.2) is 5.78 Å². The highest BCUT2D eigenvalue weighted by Crippen LogP contribution is 2.39. The minimum absolute atomic E-state index is 0.0313. The zero-order valence-electron chi connectivity index (χ0n) is 12.6. The van der Waals surface area contributed by atoms with Crippen molar-refractivity contribution in [2.75, 3.05) is 0 Å². The average molecular weight is 269 g/mol.